The molecule has 2 fully saturated rings. The molecule has 1 amide bonds. The number of amides is 1. The van der Waals surface area contributed by atoms with Gasteiger partial charge in [0.1, 0.15) is 0 Å². The Kier molecular flexibility index (Phi) is 4.52. The lowest BCUT2D eigenvalue weighted by Gasteiger charge is -2.35. The molecule has 3 N–H and O–H groups in total. The van der Waals surface area contributed by atoms with Crippen LogP contribution in [0.4, 0.5) is 5.69 Å². The number of aliphatic hydroxyl groups excluding tert-OH is 1. The first-order valence-corrected chi connectivity index (χ1v) is 9.99. The third kappa shape index (κ3) is 2.88. The van der Waals surface area contributed by atoms with E-state index >= 15 is 0 Å². The first-order valence-electron chi connectivity index (χ1n) is 9.99. The number of carbonyl (C=O) groups excluding carboxylic acids is 2. The standard InChI is InChI=1S/C22H22N4O4/c27-19(18-11-10-16-13-25(18)21(29)26(16)30)22(12-14-6-4-5-9-17(14)24-22)20(28)23-15-7-2-1-3-8-15/h1-9,12,16,18,21,29-30H,10-11,13H2,(H,23,28)/t16-,18+,21?,22?/m1/s1. The molecule has 3 unspecified atom stereocenters. The Morgan fingerprint density at radius 2 is 1.80 bits per heavy atom. The van der Waals surface area contributed by atoms with Crippen molar-refractivity contribution >= 4 is 23.5 Å². The van der Waals surface area contributed by atoms with E-state index in [4.69, 9.17) is 0 Å². The van der Waals surface area contributed by atoms with Crippen LogP contribution in [0.3, 0.4) is 0 Å². The smallest absolute Gasteiger partial charge is 0.264 e. The Bertz CT molecular complexity index is 1080. The fourth-order valence-corrected chi connectivity index (χ4v) is 4.59. The summed E-state index contributed by atoms with van der Waals surface area (Å²) >= 11 is 0. The number of nitrogens with one attached hydrogen (secondary N) is 1. The van der Waals surface area contributed by atoms with E-state index in [-0.39, 0.29) is 6.04 Å². The van der Waals surface area contributed by atoms with Gasteiger partial charge in [0.2, 0.25) is 5.54 Å². The summed E-state index contributed by atoms with van der Waals surface area (Å²) in [5.74, 6) is -0.938. The Hall–Kier alpha value is -2.91. The van der Waals surface area contributed by atoms with Crippen molar-refractivity contribution in [2.75, 3.05) is 11.9 Å². The monoisotopic (exact) mass is 406 g/mol. The highest BCUT2D eigenvalue weighted by atomic mass is 16.6. The molecule has 0 aliphatic carbocycles. The van der Waals surface area contributed by atoms with Crippen LogP contribution in [0.25, 0.3) is 6.08 Å². The minimum Gasteiger partial charge on any atom is -0.363 e. The van der Waals surface area contributed by atoms with E-state index in [1.807, 2.05) is 24.3 Å². The van der Waals surface area contributed by atoms with Gasteiger partial charge in [0, 0.05) is 12.2 Å². The van der Waals surface area contributed by atoms with Gasteiger partial charge in [-0.15, -0.1) is 5.06 Å². The quantitative estimate of drug-likeness (QED) is 0.611. The zero-order valence-corrected chi connectivity index (χ0v) is 16.2. The van der Waals surface area contributed by atoms with Gasteiger partial charge >= 0.3 is 0 Å². The number of carbonyl (C=O) groups is 2. The molecule has 0 saturated carbocycles. The number of piperidine rings is 1. The first kappa shape index (κ1) is 19.1. The van der Waals surface area contributed by atoms with Crippen LogP contribution in [0.15, 0.2) is 59.6 Å². The number of aliphatic hydroxyl groups is 1. The van der Waals surface area contributed by atoms with Crippen molar-refractivity contribution < 1.29 is 19.9 Å². The summed E-state index contributed by atoms with van der Waals surface area (Å²) in [6.07, 6.45) is 1.31. The van der Waals surface area contributed by atoms with Crippen LogP contribution >= 0.6 is 0 Å². The zero-order chi connectivity index (χ0) is 20.9. The maximum absolute atomic E-state index is 13.8. The lowest BCUT2D eigenvalue weighted by atomic mass is 9.84. The van der Waals surface area contributed by atoms with Crippen molar-refractivity contribution in [3.05, 3.63) is 65.2 Å². The van der Waals surface area contributed by atoms with Crippen molar-refractivity contribution in [3.63, 3.8) is 0 Å². The van der Waals surface area contributed by atoms with Gasteiger partial charge in [-0.25, -0.2) is 0 Å². The summed E-state index contributed by atoms with van der Waals surface area (Å²) in [7, 11) is 0. The second-order valence-electron chi connectivity index (χ2n) is 7.94. The topological polar surface area (TPSA) is 105 Å². The summed E-state index contributed by atoms with van der Waals surface area (Å²) in [6.45, 7) is 0.359. The van der Waals surface area contributed by atoms with Crippen molar-refractivity contribution in [2.45, 2.75) is 36.8 Å². The number of hydrogen-bond acceptors (Lipinski definition) is 7. The summed E-state index contributed by atoms with van der Waals surface area (Å²) < 4.78 is 0. The largest absolute Gasteiger partial charge is 0.363 e. The average molecular weight is 406 g/mol. The van der Waals surface area contributed by atoms with Gasteiger partial charge in [-0.1, -0.05) is 36.4 Å². The number of Topliss-reactive ketones (excluding diaryl/α,β-unsaturated/α-hetero) is 1. The molecule has 2 aromatic carbocycles. The number of anilines is 1. The molecule has 2 saturated heterocycles. The number of ketones is 1. The van der Waals surface area contributed by atoms with Gasteiger partial charge in [0.15, 0.2) is 12.1 Å². The van der Waals surface area contributed by atoms with Gasteiger partial charge in [0.05, 0.1) is 17.4 Å². The van der Waals surface area contributed by atoms with Crippen molar-refractivity contribution in [3.8, 4) is 0 Å². The highest BCUT2D eigenvalue weighted by Crippen LogP contribution is 2.34. The van der Waals surface area contributed by atoms with Gasteiger partial charge < -0.3 is 15.6 Å². The Balaban J connectivity index is 1.55. The maximum atomic E-state index is 13.8. The minimum atomic E-state index is -1.74. The normalized spacial score (nSPS) is 32.1. The number of para-hydroxylation sites is 2. The van der Waals surface area contributed by atoms with Gasteiger partial charge in [-0.2, -0.15) is 0 Å². The lowest BCUT2D eigenvalue weighted by molar-refractivity contribution is -0.221. The van der Waals surface area contributed by atoms with Crippen molar-refractivity contribution in [2.24, 2.45) is 4.99 Å². The number of rotatable bonds is 4. The fraction of sp³-hybridized carbons (Fsp3) is 0.318. The summed E-state index contributed by atoms with van der Waals surface area (Å²) in [5, 5.41) is 25.4. The molecule has 0 spiro atoms. The molecule has 2 bridgehead atoms. The van der Waals surface area contributed by atoms with Crippen LogP contribution in [0.5, 0.6) is 0 Å². The van der Waals surface area contributed by atoms with Crippen LogP contribution in [-0.4, -0.2) is 62.5 Å². The number of hydroxylamine groups is 2. The van der Waals surface area contributed by atoms with Gasteiger partial charge in [-0.05, 0) is 42.3 Å². The molecular formula is C22H22N4O4. The van der Waals surface area contributed by atoms with E-state index in [2.05, 4.69) is 10.3 Å². The number of nitrogens with zero attached hydrogens (tertiary/aromatic N) is 3. The van der Waals surface area contributed by atoms with E-state index in [9.17, 15) is 19.9 Å². The fourth-order valence-electron chi connectivity index (χ4n) is 4.59. The van der Waals surface area contributed by atoms with Crippen LogP contribution in [0.2, 0.25) is 0 Å². The highest BCUT2D eigenvalue weighted by molar-refractivity contribution is 6.22. The lowest BCUT2D eigenvalue weighted by Crippen LogP contribution is -2.57. The zero-order valence-electron chi connectivity index (χ0n) is 16.2. The molecule has 30 heavy (non-hydrogen) atoms. The molecule has 2 aromatic rings. The molecule has 8 heteroatoms. The first-order chi connectivity index (χ1) is 14.5. The van der Waals surface area contributed by atoms with E-state index in [1.54, 1.807) is 41.3 Å². The molecule has 0 aromatic heterocycles. The van der Waals surface area contributed by atoms with Crippen LogP contribution in [0, 0.1) is 0 Å². The van der Waals surface area contributed by atoms with E-state index in [0.717, 1.165) is 5.06 Å². The van der Waals surface area contributed by atoms with Gasteiger partial charge in [0.25, 0.3) is 5.91 Å². The SMILES string of the molecule is O=C(Nc1ccccc1)C1(C(=O)[C@@H]2CC[C@@H]3CN2C(O)N3O)C=c2ccccc2=N1. The number of benzene rings is 2. The molecule has 3 aliphatic rings. The second kappa shape index (κ2) is 7.10. The van der Waals surface area contributed by atoms with E-state index in [0.29, 0.717) is 35.6 Å². The molecule has 3 heterocycles. The Morgan fingerprint density at radius 3 is 2.57 bits per heavy atom. The van der Waals surface area contributed by atoms with E-state index < -0.39 is 29.6 Å². The second-order valence-corrected chi connectivity index (χ2v) is 7.94. The summed E-state index contributed by atoms with van der Waals surface area (Å²) in [5.41, 5.74) is -1.17. The van der Waals surface area contributed by atoms with E-state index in [1.165, 1.54) is 0 Å². The molecule has 5 rings (SSSR count). The minimum absolute atomic E-state index is 0.222. The molecule has 0 radical (unpaired) electrons. The molecule has 3 aliphatic heterocycles. The molecule has 154 valence electrons. The predicted octanol–water partition coefficient (Wildman–Crippen LogP) is -0.139. The van der Waals surface area contributed by atoms with Crippen LogP contribution in [-0.2, 0) is 9.59 Å². The summed E-state index contributed by atoms with van der Waals surface area (Å²) in [6, 6.07) is 15.2. The van der Waals surface area contributed by atoms with Gasteiger partial charge in [-0.3, -0.25) is 19.5 Å². The predicted molar refractivity (Wildman–Crippen MR) is 108 cm³/mol. The third-order valence-corrected chi connectivity index (χ3v) is 6.16. The number of hydrogen-bond donors (Lipinski definition) is 3. The summed E-state index contributed by atoms with van der Waals surface area (Å²) in [4.78, 5) is 33.4. The maximum Gasteiger partial charge on any atom is 0.264 e. The molecule has 8 nitrogen and oxygen atoms in total. The van der Waals surface area contributed by atoms with Crippen molar-refractivity contribution in [1.82, 2.24) is 9.96 Å². The Morgan fingerprint density at radius 1 is 1.07 bits per heavy atom. The van der Waals surface area contributed by atoms with Crippen LogP contribution in [0.1, 0.15) is 12.8 Å². The molecule has 5 atom stereocenters. The Labute approximate surface area is 172 Å². The highest BCUT2D eigenvalue weighted by Gasteiger charge is 2.54. The third-order valence-electron chi connectivity index (χ3n) is 6.16. The number of fused-ring (bicyclic) bond motifs is 3. The van der Waals surface area contributed by atoms with Crippen LogP contribution < -0.4 is 15.9 Å². The average Bonchev–Trinajstić information content (AvgIpc) is 3.27. The van der Waals surface area contributed by atoms with Crippen molar-refractivity contribution in [1.29, 1.82) is 0 Å². The molecular weight excluding hydrogens is 384 g/mol.